The van der Waals surface area contributed by atoms with Gasteiger partial charge >= 0.3 is 0 Å². The van der Waals surface area contributed by atoms with Crippen LogP contribution in [0.4, 0.5) is 10.1 Å². The zero-order chi connectivity index (χ0) is 13.1. The fraction of sp³-hybridized carbons (Fsp3) is 0.200. The van der Waals surface area contributed by atoms with Crippen LogP contribution in [0.3, 0.4) is 0 Å². The van der Waals surface area contributed by atoms with Crippen molar-refractivity contribution < 1.29 is 4.39 Å². The molecule has 0 aromatic heterocycles. The third-order valence-electron chi connectivity index (χ3n) is 3.08. The van der Waals surface area contributed by atoms with E-state index in [9.17, 15) is 4.39 Å². The first kappa shape index (κ1) is 12.6. The fourth-order valence-electron chi connectivity index (χ4n) is 1.94. The van der Waals surface area contributed by atoms with Crippen molar-refractivity contribution in [1.29, 1.82) is 0 Å². The van der Waals surface area contributed by atoms with Crippen LogP contribution in [0.15, 0.2) is 42.5 Å². The van der Waals surface area contributed by atoms with Crippen LogP contribution in [0.25, 0.3) is 0 Å². The summed E-state index contributed by atoms with van der Waals surface area (Å²) in [5, 5.41) is 3.08. The molecule has 3 N–H and O–H groups in total. The summed E-state index contributed by atoms with van der Waals surface area (Å²) in [5.41, 5.74) is 9.77. The molecule has 0 radical (unpaired) electrons. The van der Waals surface area contributed by atoms with Crippen LogP contribution in [0, 0.1) is 12.7 Å². The highest BCUT2D eigenvalue weighted by Gasteiger charge is 2.10. The molecule has 94 valence electrons. The molecule has 2 aromatic rings. The highest BCUT2D eigenvalue weighted by molar-refractivity contribution is 5.47. The molecule has 3 heteroatoms. The van der Waals surface area contributed by atoms with E-state index in [2.05, 4.69) is 5.32 Å². The normalized spacial score (nSPS) is 12.2. The average Bonchev–Trinajstić information content (AvgIpc) is 2.41. The van der Waals surface area contributed by atoms with Crippen molar-refractivity contribution in [1.82, 2.24) is 0 Å². The Morgan fingerprint density at radius 2 is 1.83 bits per heavy atom. The van der Waals surface area contributed by atoms with E-state index in [-0.39, 0.29) is 11.9 Å². The van der Waals surface area contributed by atoms with Gasteiger partial charge in [-0.2, -0.15) is 0 Å². The molecule has 0 spiro atoms. The van der Waals surface area contributed by atoms with Crippen LogP contribution in [0.2, 0.25) is 0 Å². The van der Waals surface area contributed by atoms with E-state index in [1.165, 1.54) is 6.07 Å². The topological polar surface area (TPSA) is 38.0 Å². The molecule has 2 nitrogen and oxygen atoms in total. The lowest BCUT2D eigenvalue weighted by atomic mass is 9.97. The third kappa shape index (κ3) is 2.51. The predicted octanol–water partition coefficient (Wildman–Crippen LogP) is 3.22. The van der Waals surface area contributed by atoms with Crippen LogP contribution in [0.5, 0.6) is 0 Å². The first-order chi connectivity index (χ1) is 8.61. The van der Waals surface area contributed by atoms with Crippen LogP contribution in [-0.2, 0) is 0 Å². The van der Waals surface area contributed by atoms with E-state index in [4.69, 9.17) is 5.73 Å². The van der Waals surface area contributed by atoms with Crippen molar-refractivity contribution in [2.75, 3.05) is 12.4 Å². The number of halogens is 1. The Morgan fingerprint density at radius 1 is 1.11 bits per heavy atom. The number of hydrogen-bond acceptors (Lipinski definition) is 2. The Bertz CT molecular complexity index is 552. The summed E-state index contributed by atoms with van der Waals surface area (Å²) in [5.74, 6) is -0.199. The number of hydrogen-bond donors (Lipinski definition) is 2. The zero-order valence-corrected chi connectivity index (χ0v) is 10.6. The molecular formula is C15H17FN2. The molecular weight excluding hydrogens is 227 g/mol. The lowest BCUT2D eigenvalue weighted by molar-refractivity contribution is 0.617. The van der Waals surface area contributed by atoms with Crippen molar-refractivity contribution in [2.45, 2.75) is 13.0 Å². The molecule has 0 bridgehead atoms. The molecule has 0 saturated heterocycles. The molecule has 18 heavy (non-hydrogen) atoms. The van der Waals surface area contributed by atoms with E-state index in [0.717, 1.165) is 16.8 Å². The first-order valence-corrected chi connectivity index (χ1v) is 5.91. The van der Waals surface area contributed by atoms with Crippen LogP contribution >= 0.6 is 0 Å². The van der Waals surface area contributed by atoms with Crippen LogP contribution in [-0.4, -0.2) is 7.05 Å². The maximum atomic E-state index is 13.2. The highest BCUT2D eigenvalue weighted by Crippen LogP contribution is 2.23. The van der Waals surface area contributed by atoms with Crippen LogP contribution < -0.4 is 11.1 Å². The van der Waals surface area contributed by atoms with E-state index in [1.54, 1.807) is 19.1 Å². The van der Waals surface area contributed by atoms with Gasteiger partial charge in [0.15, 0.2) is 0 Å². The highest BCUT2D eigenvalue weighted by atomic mass is 19.1. The lowest BCUT2D eigenvalue weighted by Gasteiger charge is -2.14. The van der Waals surface area contributed by atoms with Crippen molar-refractivity contribution in [2.24, 2.45) is 5.73 Å². The molecule has 0 amide bonds. The maximum Gasteiger partial charge on any atom is 0.126 e. The van der Waals surface area contributed by atoms with Gasteiger partial charge < -0.3 is 11.1 Å². The quantitative estimate of drug-likeness (QED) is 0.870. The lowest BCUT2D eigenvalue weighted by Crippen LogP contribution is -2.12. The van der Waals surface area contributed by atoms with E-state index < -0.39 is 0 Å². The van der Waals surface area contributed by atoms with Gasteiger partial charge in [0.05, 0.1) is 6.04 Å². The fourth-order valence-corrected chi connectivity index (χ4v) is 1.94. The summed E-state index contributed by atoms with van der Waals surface area (Å²) in [6, 6.07) is 12.7. The molecule has 0 aliphatic carbocycles. The van der Waals surface area contributed by atoms with Gasteiger partial charge in [0.1, 0.15) is 5.82 Å². The van der Waals surface area contributed by atoms with Gasteiger partial charge in [0, 0.05) is 12.7 Å². The van der Waals surface area contributed by atoms with E-state index in [0.29, 0.717) is 5.56 Å². The minimum atomic E-state index is -0.238. The smallest absolute Gasteiger partial charge is 0.126 e. The second-order valence-electron chi connectivity index (χ2n) is 4.36. The summed E-state index contributed by atoms with van der Waals surface area (Å²) in [7, 11) is 1.87. The van der Waals surface area contributed by atoms with Crippen molar-refractivity contribution in [3.8, 4) is 0 Å². The number of nitrogens with two attached hydrogens (primary N) is 1. The molecule has 0 aliphatic heterocycles. The Kier molecular flexibility index (Phi) is 3.63. The van der Waals surface area contributed by atoms with Crippen molar-refractivity contribution >= 4 is 5.69 Å². The molecule has 0 heterocycles. The number of benzene rings is 2. The first-order valence-electron chi connectivity index (χ1n) is 5.91. The van der Waals surface area contributed by atoms with Gasteiger partial charge in [-0.25, -0.2) is 4.39 Å². The van der Waals surface area contributed by atoms with Crippen molar-refractivity contribution in [3.05, 3.63) is 65.0 Å². The molecule has 2 rings (SSSR count). The standard InChI is InChI=1S/C15H17FN2/c1-10-8-12(6-7-14(10)16)15(17)11-4-3-5-13(9-11)18-2/h3-9,15,18H,17H2,1-2H3. The second kappa shape index (κ2) is 5.19. The molecule has 0 aliphatic rings. The Hall–Kier alpha value is -1.87. The number of aryl methyl sites for hydroxylation is 1. The zero-order valence-electron chi connectivity index (χ0n) is 10.6. The molecule has 2 aromatic carbocycles. The second-order valence-corrected chi connectivity index (χ2v) is 4.36. The van der Waals surface area contributed by atoms with Gasteiger partial charge in [0.25, 0.3) is 0 Å². The van der Waals surface area contributed by atoms with Gasteiger partial charge in [-0.05, 0) is 41.8 Å². The third-order valence-corrected chi connectivity index (χ3v) is 3.08. The number of rotatable bonds is 3. The monoisotopic (exact) mass is 244 g/mol. The SMILES string of the molecule is CNc1cccc(C(N)c2ccc(F)c(C)c2)c1. The van der Waals surface area contributed by atoms with Crippen molar-refractivity contribution in [3.63, 3.8) is 0 Å². The predicted molar refractivity (Wildman–Crippen MR) is 73.2 cm³/mol. The Morgan fingerprint density at radius 3 is 2.50 bits per heavy atom. The molecule has 0 fully saturated rings. The van der Waals surface area contributed by atoms with E-state index in [1.807, 2.05) is 31.3 Å². The summed E-state index contributed by atoms with van der Waals surface area (Å²) in [6.07, 6.45) is 0. The largest absolute Gasteiger partial charge is 0.388 e. The molecule has 1 unspecified atom stereocenters. The molecule has 0 saturated carbocycles. The molecule has 1 atom stereocenters. The van der Waals surface area contributed by atoms with Crippen LogP contribution in [0.1, 0.15) is 22.7 Å². The van der Waals surface area contributed by atoms with Gasteiger partial charge in [-0.15, -0.1) is 0 Å². The summed E-state index contributed by atoms with van der Waals surface area (Å²) >= 11 is 0. The van der Waals surface area contributed by atoms with Gasteiger partial charge in [0.2, 0.25) is 0 Å². The Balaban J connectivity index is 2.34. The minimum Gasteiger partial charge on any atom is -0.388 e. The number of anilines is 1. The number of nitrogens with one attached hydrogen (secondary N) is 1. The summed E-state index contributed by atoms with van der Waals surface area (Å²) < 4.78 is 13.2. The average molecular weight is 244 g/mol. The summed E-state index contributed by atoms with van der Waals surface area (Å²) in [4.78, 5) is 0. The minimum absolute atomic E-state index is 0.199. The Labute approximate surface area is 107 Å². The van der Waals surface area contributed by atoms with E-state index >= 15 is 0 Å². The maximum absolute atomic E-state index is 13.2. The van der Waals surface area contributed by atoms with Gasteiger partial charge in [-0.1, -0.05) is 24.3 Å². The van der Waals surface area contributed by atoms with Gasteiger partial charge in [-0.3, -0.25) is 0 Å². The summed E-state index contributed by atoms with van der Waals surface area (Å²) in [6.45, 7) is 1.75.